The van der Waals surface area contributed by atoms with E-state index in [-0.39, 0.29) is 117 Å². The van der Waals surface area contributed by atoms with Crippen molar-refractivity contribution >= 4 is 75.0 Å². The summed E-state index contributed by atoms with van der Waals surface area (Å²) in [6, 6.07) is 8.78. The van der Waals surface area contributed by atoms with Crippen LogP contribution >= 0.6 is 22.7 Å². The molecule has 37 heteroatoms. The number of aromatic nitrogens is 10. The van der Waals surface area contributed by atoms with Crippen LogP contribution in [0.2, 0.25) is 0 Å². The van der Waals surface area contributed by atoms with Crippen LogP contribution < -0.4 is 41.4 Å². The minimum atomic E-state index is -4.87. The zero-order chi connectivity index (χ0) is 72.8. The van der Waals surface area contributed by atoms with Crippen molar-refractivity contribution in [2.75, 3.05) is 0 Å². The van der Waals surface area contributed by atoms with E-state index in [1.165, 1.54) is 73.8 Å². The lowest BCUT2D eigenvalue weighted by molar-refractivity contribution is -0.124. The maximum atomic E-state index is 15.5. The molecule has 550 valence electrons. The highest BCUT2D eigenvalue weighted by molar-refractivity contribution is 7.91. The van der Waals surface area contributed by atoms with Gasteiger partial charge >= 0.3 is 24.6 Å². The molecular weight excluding hydrogens is 1440 g/mol. The lowest BCUT2D eigenvalue weighted by atomic mass is 10.0. The van der Waals surface area contributed by atoms with Crippen molar-refractivity contribution < 1.29 is 76.8 Å². The lowest BCUT2D eigenvalue weighted by Gasteiger charge is -2.32. The van der Waals surface area contributed by atoms with Crippen LogP contribution in [0.15, 0.2) is 80.2 Å². The highest BCUT2D eigenvalue weighted by atomic mass is 32.2. The number of rotatable bonds is 26. The fourth-order valence-electron chi connectivity index (χ4n) is 14.9. The summed E-state index contributed by atoms with van der Waals surface area (Å²) in [6.45, 7) is -0.566. The Morgan fingerprint density at radius 1 is 0.650 bits per heavy atom. The number of thiophene rings is 2. The molecule has 4 aliphatic heterocycles. The molecule has 0 spiro atoms. The second kappa shape index (κ2) is 25.9. The Morgan fingerprint density at radius 3 is 1.60 bits per heavy atom. The molecular formula is C66H71F5N12O16S4. The topological polar surface area (TPSA) is 331 Å². The number of halogens is 5. The molecule has 15 rings (SSSR count). The molecule has 7 aliphatic rings. The van der Waals surface area contributed by atoms with Crippen molar-refractivity contribution in [3.05, 3.63) is 136 Å². The van der Waals surface area contributed by atoms with E-state index < -0.39 is 144 Å². The number of nitrogens with zero attached hydrogens (tertiary/aromatic N) is 10. The molecule has 7 fully saturated rings. The van der Waals surface area contributed by atoms with E-state index in [0.29, 0.717) is 53.7 Å². The largest absolute Gasteiger partial charge is 0.434 e. The predicted octanol–water partition coefficient (Wildman–Crippen LogP) is 7.26. The molecule has 2 N–H and O–H groups in total. The second-order valence-electron chi connectivity index (χ2n) is 28.6. The standard InChI is InChI=1S/C66H71F5N12O16S4/c1-33-49-51(84)80(61(88)78(55(49)100-53(33)82-72-22-23-73-82)31-47(43-8-6-7-9-45(43)98-59(68)69)96-41-25-37-11-12-38(26-41)94-37)65(18-19-65)57(86)76-102(90,91)63(3,4)29-36-30-74-83(75-36)54-34(2)50-52(85)81(66(20-21-66)58(87)77-103(92,93)64(5)16-17-64)62(89)79(56(50)101-54)32-48(97-42-27-39-13-14-40(28-42)95-39)44-24-35(67)10-15-46(44)99-60(70)71/h6-10,15,22-24,30,37-42,47-48,59-60H,11-14,16-21,25-29,31-32H2,1-5H3,(H,76,86)(H,77,87)/t37-,38+,39-,40+,41?,42?,47-,48-/m0/s1. The quantitative estimate of drug-likeness (QED) is 0.0503. The van der Waals surface area contributed by atoms with Gasteiger partial charge in [-0.2, -0.15) is 38.0 Å². The number of amides is 2. The summed E-state index contributed by atoms with van der Waals surface area (Å²) in [4.78, 5) is 93.2. The summed E-state index contributed by atoms with van der Waals surface area (Å²) in [5, 5.41) is 17.8. The molecule has 3 saturated carbocycles. The van der Waals surface area contributed by atoms with Crippen LogP contribution in [-0.4, -0.2) is 136 Å². The normalized spacial score (nSPS) is 23.0. The average molecular weight is 1510 g/mol. The Bertz CT molecular complexity index is 5210. The van der Waals surface area contributed by atoms with Gasteiger partial charge in [-0.05, 0) is 149 Å². The number of benzene rings is 2. The molecule has 103 heavy (non-hydrogen) atoms. The third kappa shape index (κ3) is 12.7. The van der Waals surface area contributed by atoms with Crippen molar-refractivity contribution in [2.45, 2.75) is 227 Å². The first-order valence-electron chi connectivity index (χ1n) is 33.8. The van der Waals surface area contributed by atoms with Crippen LogP contribution in [0, 0.1) is 19.7 Å². The summed E-state index contributed by atoms with van der Waals surface area (Å²) >= 11 is 1.78. The van der Waals surface area contributed by atoms with E-state index in [4.69, 9.17) is 28.4 Å². The van der Waals surface area contributed by atoms with Crippen LogP contribution in [0.5, 0.6) is 11.5 Å². The van der Waals surface area contributed by atoms with Crippen LogP contribution in [0.4, 0.5) is 22.0 Å². The van der Waals surface area contributed by atoms with Gasteiger partial charge in [0.1, 0.15) is 60.3 Å². The van der Waals surface area contributed by atoms with Crippen molar-refractivity contribution in [3.63, 3.8) is 0 Å². The molecule has 2 amide bonds. The van der Waals surface area contributed by atoms with E-state index >= 15 is 28.4 Å². The minimum Gasteiger partial charge on any atom is -0.434 e. The minimum absolute atomic E-state index is 0.00277. The van der Waals surface area contributed by atoms with Gasteiger partial charge in [0.05, 0.1) is 94.3 Å². The van der Waals surface area contributed by atoms with Crippen LogP contribution in [0.25, 0.3) is 30.4 Å². The van der Waals surface area contributed by atoms with Crippen molar-refractivity contribution in [2.24, 2.45) is 0 Å². The molecule has 0 radical (unpaired) electrons. The Kier molecular flexibility index (Phi) is 17.8. The first kappa shape index (κ1) is 70.6. The molecule has 4 saturated heterocycles. The van der Waals surface area contributed by atoms with E-state index in [1.54, 1.807) is 13.0 Å². The molecule has 3 aliphatic carbocycles. The molecule has 10 heterocycles. The van der Waals surface area contributed by atoms with Crippen molar-refractivity contribution in [1.29, 1.82) is 0 Å². The van der Waals surface area contributed by atoms with Gasteiger partial charge in [-0.25, -0.2) is 39.9 Å². The summed E-state index contributed by atoms with van der Waals surface area (Å²) in [5.41, 5.74) is -7.92. The Hall–Kier alpha value is -8.07. The number of hydrogen-bond acceptors (Lipinski definition) is 22. The third-order valence-corrected chi connectivity index (χ3v) is 27.9. The average Bonchev–Trinajstić information content (AvgIpc) is 1.58. The molecule has 8 atom stereocenters. The van der Waals surface area contributed by atoms with E-state index in [9.17, 15) is 39.2 Å². The fourth-order valence-corrected chi connectivity index (χ4v) is 19.7. The maximum Gasteiger partial charge on any atom is 0.387 e. The van der Waals surface area contributed by atoms with Gasteiger partial charge in [0.15, 0.2) is 0 Å². The summed E-state index contributed by atoms with van der Waals surface area (Å²) in [5.74, 6) is -3.95. The van der Waals surface area contributed by atoms with E-state index in [0.717, 1.165) is 67.6 Å². The molecule has 6 aromatic heterocycles. The number of ether oxygens (including phenoxy) is 6. The number of para-hydroxylation sites is 1. The first-order chi connectivity index (χ1) is 48.9. The van der Waals surface area contributed by atoms with Crippen molar-refractivity contribution in [1.82, 2.24) is 57.7 Å². The van der Waals surface area contributed by atoms with Gasteiger partial charge in [-0.3, -0.25) is 37.8 Å². The van der Waals surface area contributed by atoms with Gasteiger partial charge < -0.3 is 28.4 Å². The summed E-state index contributed by atoms with van der Waals surface area (Å²) in [7, 11) is -9.20. The maximum absolute atomic E-state index is 15.5. The van der Waals surface area contributed by atoms with Gasteiger partial charge in [0.2, 0.25) is 20.0 Å². The zero-order valence-electron chi connectivity index (χ0n) is 56.1. The molecule has 28 nitrogen and oxygen atoms in total. The van der Waals surface area contributed by atoms with Crippen LogP contribution in [-0.2, 0) is 79.2 Å². The highest BCUT2D eigenvalue weighted by Crippen LogP contribution is 2.49. The molecule has 8 aromatic rings. The monoisotopic (exact) mass is 1510 g/mol. The first-order valence-corrected chi connectivity index (χ1v) is 38.4. The number of hydrogen-bond donors (Lipinski definition) is 2. The molecule has 2 aromatic carbocycles. The Labute approximate surface area is 591 Å². The third-order valence-electron chi connectivity index (χ3n) is 21.2. The smallest absolute Gasteiger partial charge is 0.387 e. The number of carbonyl (C=O) groups excluding carboxylic acids is 2. The zero-order valence-corrected chi connectivity index (χ0v) is 59.4. The number of aryl methyl sites for hydroxylation is 2. The van der Waals surface area contributed by atoms with Gasteiger partial charge in [-0.1, -0.05) is 40.9 Å². The van der Waals surface area contributed by atoms with Gasteiger partial charge in [-0.15, -0.1) is 9.59 Å². The van der Waals surface area contributed by atoms with Gasteiger partial charge in [0.25, 0.3) is 22.9 Å². The predicted molar refractivity (Wildman–Crippen MR) is 360 cm³/mol. The SMILES string of the molecule is Cc1c(-n2nccn2)sc2c1c(=O)n(C1(C(=O)NS(=O)(=O)C(C)(C)Cc3cnn(-c4sc5c(c4C)c(=O)n(C4(C(=O)NS(=O)(=O)C6(C)CC6)CC4)c(=O)n5C[C@H](OC4C[C@H]5CC[C@@H](C4)O5)c4cc(F)ccc4OC(F)F)n3)CC1)c(=O)n2C[C@H](OC1C[C@H]2CC[C@@H](C1)O2)c1ccccc1OC(F)F. The van der Waals surface area contributed by atoms with Crippen LogP contribution in [0.3, 0.4) is 0 Å². The number of nitrogens with one attached hydrogen (secondary N) is 2. The van der Waals surface area contributed by atoms with Gasteiger partial charge in [0, 0.05) is 28.7 Å². The number of fused-ring (bicyclic) bond motifs is 6. The second-order valence-corrected chi connectivity index (χ2v) is 35.1. The number of sulfonamides is 2. The lowest BCUT2D eigenvalue weighted by Crippen LogP contribution is -2.55. The van der Waals surface area contributed by atoms with Crippen molar-refractivity contribution in [3.8, 4) is 21.5 Å². The van der Waals surface area contributed by atoms with E-state index in [1.807, 2.05) is 0 Å². The van der Waals surface area contributed by atoms with Crippen LogP contribution in [0.1, 0.15) is 151 Å². The Morgan fingerprint density at radius 2 is 1.12 bits per heavy atom. The number of carbonyl (C=O) groups is 2. The molecule has 4 bridgehead atoms. The molecule has 2 unspecified atom stereocenters. The van der Waals surface area contributed by atoms with E-state index in [2.05, 4.69) is 29.8 Å². The Balaban J connectivity index is 0.764. The summed E-state index contributed by atoms with van der Waals surface area (Å²) < 4.78 is 169. The highest BCUT2D eigenvalue weighted by Gasteiger charge is 2.60. The number of alkyl halides is 4. The fraction of sp³-hybridized carbons (Fsp3) is 0.545. The summed E-state index contributed by atoms with van der Waals surface area (Å²) in [6.07, 6.45) is 3.54.